The number of para-hydroxylation sites is 2. The third-order valence-corrected chi connectivity index (χ3v) is 3.43. The number of amidine groups is 1. The highest BCUT2D eigenvalue weighted by Gasteiger charge is 2.02. The Hall–Kier alpha value is -3.78. The topological polar surface area (TPSA) is 66.6 Å². The lowest BCUT2D eigenvalue weighted by Gasteiger charge is -2.08. The molecule has 3 aromatic carbocycles. The third kappa shape index (κ3) is 5.11. The summed E-state index contributed by atoms with van der Waals surface area (Å²) < 4.78 is 11.3. The summed E-state index contributed by atoms with van der Waals surface area (Å²) in [6.07, 6.45) is 1.83. The van der Waals surface area contributed by atoms with Gasteiger partial charge in [0.15, 0.2) is 6.19 Å². The van der Waals surface area contributed by atoms with Gasteiger partial charge in [-0.3, -0.25) is 0 Å². The smallest absolute Gasteiger partial charge is 0.304 e. The van der Waals surface area contributed by atoms with Gasteiger partial charge in [0.2, 0.25) is 0 Å². The van der Waals surface area contributed by atoms with Crippen molar-refractivity contribution < 1.29 is 9.47 Å². The predicted molar refractivity (Wildman–Crippen MR) is 99.9 cm³/mol. The van der Waals surface area contributed by atoms with E-state index in [9.17, 15) is 0 Å². The number of ether oxygens (including phenoxy) is 2. The van der Waals surface area contributed by atoms with Crippen LogP contribution in [0.2, 0.25) is 0 Å². The average Bonchev–Trinajstić information content (AvgIpc) is 2.69. The summed E-state index contributed by atoms with van der Waals surface area (Å²) >= 11 is 0. The maximum atomic E-state index is 8.85. The number of rotatable bonds is 5. The van der Waals surface area contributed by atoms with Crippen molar-refractivity contribution in [2.75, 3.05) is 0 Å². The Balaban J connectivity index is 1.63. The molecule has 0 radical (unpaired) electrons. The molecule has 0 heterocycles. The number of hydrogen-bond acceptors (Lipinski definition) is 4. The van der Waals surface area contributed by atoms with Gasteiger partial charge >= 0.3 is 6.02 Å². The number of aliphatic imine (C=N–C) groups is 1. The molecule has 0 saturated heterocycles. The second-order valence-corrected chi connectivity index (χ2v) is 5.33. The fourth-order valence-electron chi connectivity index (χ4n) is 2.20. The Kier molecular flexibility index (Phi) is 5.84. The molecule has 128 valence electrons. The molecule has 0 aliphatic heterocycles. The molecule has 0 aliphatic rings. The predicted octanol–water partition coefficient (Wildman–Crippen LogP) is 4.48. The lowest BCUT2D eigenvalue weighted by Crippen LogP contribution is -2.24. The van der Waals surface area contributed by atoms with Crippen LogP contribution in [0, 0.1) is 11.5 Å². The Bertz CT molecular complexity index is 886. The second-order valence-electron chi connectivity index (χ2n) is 5.33. The van der Waals surface area contributed by atoms with Gasteiger partial charge in [-0.15, -0.1) is 0 Å². The Morgan fingerprint density at radius 3 is 2.00 bits per heavy atom. The molecule has 0 unspecified atom stereocenters. The van der Waals surface area contributed by atoms with Crippen molar-refractivity contribution >= 4 is 6.02 Å². The zero-order chi connectivity index (χ0) is 18.0. The van der Waals surface area contributed by atoms with Crippen LogP contribution in [-0.4, -0.2) is 6.02 Å². The summed E-state index contributed by atoms with van der Waals surface area (Å²) in [7, 11) is 0. The van der Waals surface area contributed by atoms with Crippen LogP contribution in [0.1, 0.15) is 5.56 Å². The first-order chi connectivity index (χ1) is 12.8. The molecule has 1 N–H and O–H groups in total. The molecule has 3 rings (SSSR count). The second kappa shape index (κ2) is 8.90. The van der Waals surface area contributed by atoms with Crippen LogP contribution in [-0.2, 0) is 6.54 Å². The Labute approximate surface area is 152 Å². The molecular formula is C21H17N3O2. The monoisotopic (exact) mass is 343 g/mol. The van der Waals surface area contributed by atoms with Crippen LogP contribution in [0.25, 0.3) is 0 Å². The summed E-state index contributed by atoms with van der Waals surface area (Å²) in [6, 6.07) is 26.6. The zero-order valence-electron chi connectivity index (χ0n) is 14.0. The molecule has 0 bridgehead atoms. The highest BCUT2D eigenvalue weighted by atomic mass is 16.5. The van der Waals surface area contributed by atoms with E-state index in [1.54, 1.807) is 12.1 Å². The van der Waals surface area contributed by atoms with Crippen molar-refractivity contribution in [3.8, 4) is 23.4 Å². The van der Waals surface area contributed by atoms with E-state index < -0.39 is 0 Å². The Morgan fingerprint density at radius 2 is 1.38 bits per heavy atom. The first-order valence-corrected chi connectivity index (χ1v) is 8.08. The lowest BCUT2D eigenvalue weighted by atomic mass is 10.2. The van der Waals surface area contributed by atoms with Gasteiger partial charge in [0.1, 0.15) is 17.2 Å². The van der Waals surface area contributed by atoms with E-state index in [1.165, 1.54) is 0 Å². The molecule has 0 aliphatic carbocycles. The lowest BCUT2D eigenvalue weighted by molar-refractivity contribution is 0.482. The van der Waals surface area contributed by atoms with Crippen LogP contribution < -0.4 is 14.8 Å². The Morgan fingerprint density at radius 1 is 0.808 bits per heavy atom. The minimum Gasteiger partial charge on any atom is -0.457 e. The van der Waals surface area contributed by atoms with E-state index >= 15 is 0 Å². The van der Waals surface area contributed by atoms with Gasteiger partial charge in [-0.2, -0.15) is 5.26 Å². The van der Waals surface area contributed by atoms with E-state index in [0.717, 1.165) is 17.1 Å². The molecule has 0 aromatic heterocycles. The minimum atomic E-state index is 0.156. The quantitative estimate of drug-likeness (QED) is 0.321. The van der Waals surface area contributed by atoms with Gasteiger partial charge in [-0.1, -0.05) is 48.5 Å². The summed E-state index contributed by atoms with van der Waals surface area (Å²) in [6.45, 7) is 0.377. The summed E-state index contributed by atoms with van der Waals surface area (Å²) in [4.78, 5) is 4.31. The highest BCUT2D eigenvalue weighted by Crippen LogP contribution is 2.21. The first kappa shape index (κ1) is 17.1. The number of nitriles is 1. The van der Waals surface area contributed by atoms with E-state index in [4.69, 9.17) is 14.7 Å². The highest BCUT2D eigenvalue weighted by molar-refractivity contribution is 5.77. The van der Waals surface area contributed by atoms with Crippen molar-refractivity contribution in [3.63, 3.8) is 0 Å². The van der Waals surface area contributed by atoms with Gasteiger partial charge in [0.25, 0.3) is 0 Å². The first-order valence-electron chi connectivity index (χ1n) is 8.08. The SMILES string of the molecule is N#CNC(=NCc1ccc(Oc2ccccc2)cc1)Oc1ccccc1. The average molecular weight is 343 g/mol. The van der Waals surface area contributed by atoms with Crippen molar-refractivity contribution in [1.29, 1.82) is 5.26 Å². The molecule has 3 aromatic rings. The van der Waals surface area contributed by atoms with E-state index in [1.807, 2.05) is 79.0 Å². The number of benzene rings is 3. The van der Waals surface area contributed by atoms with Gasteiger partial charge in [0.05, 0.1) is 6.54 Å². The summed E-state index contributed by atoms with van der Waals surface area (Å²) in [5.74, 6) is 2.15. The molecule has 0 fully saturated rings. The summed E-state index contributed by atoms with van der Waals surface area (Å²) in [5.41, 5.74) is 0.972. The van der Waals surface area contributed by atoms with Crippen LogP contribution in [0.4, 0.5) is 0 Å². The van der Waals surface area contributed by atoms with E-state index in [2.05, 4.69) is 10.3 Å². The van der Waals surface area contributed by atoms with Crippen LogP contribution in [0.5, 0.6) is 17.2 Å². The fraction of sp³-hybridized carbons (Fsp3) is 0.0476. The largest absolute Gasteiger partial charge is 0.457 e. The number of hydrogen-bond donors (Lipinski definition) is 1. The van der Waals surface area contributed by atoms with Gasteiger partial charge in [-0.25, -0.2) is 10.3 Å². The fourth-order valence-corrected chi connectivity index (χ4v) is 2.20. The summed E-state index contributed by atoms with van der Waals surface area (Å²) in [5, 5.41) is 11.3. The molecule has 26 heavy (non-hydrogen) atoms. The number of nitrogens with one attached hydrogen (secondary N) is 1. The van der Waals surface area contributed by atoms with Crippen molar-refractivity contribution in [1.82, 2.24) is 5.32 Å². The number of nitrogens with zero attached hydrogens (tertiary/aromatic N) is 2. The zero-order valence-corrected chi connectivity index (χ0v) is 14.0. The van der Waals surface area contributed by atoms with Gasteiger partial charge in [-0.05, 0) is 42.0 Å². The van der Waals surface area contributed by atoms with Crippen LogP contribution in [0.3, 0.4) is 0 Å². The van der Waals surface area contributed by atoms with Crippen molar-refractivity contribution in [3.05, 3.63) is 90.5 Å². The normalized spacial score (nSPS) is 10.7. The van der Waals surface area contributed by atoms with E-state index in [0.29, 0.717) is 12.3 Å². The molecule has 5 heteroatoms. The molecule has 0 saturated carbocycles. The minimum absolute atomic E-state index is 0.156. The van der Waals surface area contributed by atoms with Gasteiger partial charge < -0.3 is 9.47 Å². The molecular weight excluding hydrogens is 326 g/mol. The molecule has 0 amide bonds. The molecule has 0 spiro atoms. The van der Waals surface area contributed by atoms with Crippen LogP contribution in [0.15, 0.2) is 89.9 Å². The van der Waals surface area contributed by atoms with E-state index in [-0.39, 0.29) is 6.02 Å². The maximum absolute atomic E-state index is 8.85. The van der Waals surface area contributed by atoms with Crippen molar-refractivity contribution in [2.24, 2.45) is 4.99 Å². The molecule has 0 atom stereocenters. The maximum Gasteiger partial charge on any atom is 0.304 e. The van der Waals surface area contributed by atoms with Crippen LogP contribution >= 0.6 is 0 Å². The van der Waals surface area contributed by atoms with Gasteiger partial charge in [0, 0.05) is 0 Å². The molecule has 5 nitrogen and oxygen atoms in total. The van der Waals surface area contributed by atoms with Crippen molar-refractivity contribution in [2.45, 2.75) is 6.54 Å². The third-order valence-electron chi connectivity index (χ3n) is 3.43. The standard InChI is InChI=1S/C21H17N3O2/c22-16-24-21(26-19-9-5-2-6-10-19)23-15-17-11-13-20(14-12-17)25-18-7-3-1-4-8-18/h1-14H,15H2,(H,23,24).